The fourth-order valence-corrected chi connectivity index (χ4v) is 1.85. The van der Waals surface area contributed by atoms with Gasteiger partial charge in [0.25, 0.3) is 5.56 Å². The molecule has 0 fully saturated rings. The second kappa shape index (κ2) is 5.88. The van der Waals surface area contributed by atoms with E-state index in [4.69, 9.17) is 11.6 Å². The molecule has 0 unspecified atom stereocenters. The average Bonchev–Trinajstić information content (AvgIpc) is 2.87. The highest BCUT2D eigenvalue weighted by Crippen LogP contribution is 2.16. The molecule has 102 valence electrons. The number of rotatable bonds is 5. The van der Waals surface area contributed by atoms with Crippen molar-refractivity contribution in [1.82, 2.24) is 20.0 Å². The van der Waals surface area contributed by atoms with Gasteiger partial charge in [-0.15, -0.1) is 0 Å². The highest BCUT2D eigenvalue weighted by Gasteiger charge is 2.10. The van der Waals surface area contributed by atoms with Crippen molar-refractivity contribution in [2.75, 3.05) is 5.32 Å². The summed E-state index contributed by atoms with van der Waals surface area (Å²) in [6, 6.07) is 1.84. The Labute approximate surface area is 115 Å². The predicted molar refractivity (Wildman–Crippen MR) is 74.3 cm³/mol. The predicted octanol–water partition coefficient (Wildman–Crippen LogP) is 1.89. The quantitative estimate of drug-likeness (QED) is 0.877. The lowest BCUT2D eigenvalue weighted by Gasteiger charge is -2.11. The summed E-state index contributed by atoms with van der Waals surface area (Å²) in [7, 11) is 0. The third kappa shape index (κ3) is 3.35. The molecule has 2 aromatic heterocycles. The monoisotopic (exact) mass is 281 g/mol. The zero-order valence-electron chi connectivity index (χ0n) is 10.9. The van der Waals surface area contributed by atoms with E-state index in [2.05, 4.69) is 20.6 Å². The van der Waals surface area contributed by atoms with Gasteiger partial charge in [-0.1, -0.05) is 25.4 Å². The maximum Gasteiger partial charge on any atom is 0.287 e. The van der Waals surface area contributed by atoms with Crippen molar-refractivity contribution in [3.63, 3.8) is 0 Å². The second-order valence-electron chi connectivity index (χ2n) is 4.69. The summed E-state index contributed by atoms with van der Waals surface area (Å²) < 4.78 is 1.38. The van der Waals surface area contributed by atoms with Crippen LogP contribution in [-0.4, -0.2) is 20.0 Å². The molecule has 7 heteroatoms. The summed E-state index contributed by atoms with van der Waals surface area (Å²) >= 11 is 6.06. The Hall–Kier alpha value is -1.82. The molecule has 19 heavy (non-hydrogen) atoms. The van der Waals surface area contributed by atoms with E-state index in [0.717, 1.165) is 5.69 Å². The Kier molecular flexibility index (Phi) is 4.21. The number of H-pyrrole nitrogens is 1. The normalized spacial score (nSPS) is 10.9. The van der Waals surface area contributed by atoms with E-state index in [1.54, 1.807) is 12.4 Å². The van der Waals surface area contributed by atoms with E-state index in [0.29, 0.717) is 24.7 Å². The fraction of sp³-hybridized carbons (Fsp3) is 0.417. The third-order valence-electron chi connectivity index (χ3n) is 2.55. The second-order valence-corrected chi connectivity index (χ2v) is 5.07. The van der Waals surface area contributed by atoms with Gasteiger partial charge in [-0.25, -0.2) is 4.68 Å². The lowest BCUT2D eigenvalue weighted by Crippen LogP contribution is -2.26. The van der Waals surface area contributed by atoms with Crippen LogP contribution in [0, 0.1) is 5.92 Å². The van der Waals surface area contributed by atoms with Crippen molar-refractivity contribution in [2.24, 2.45) is 5.92 Å². The van der Waals surface area contributed by atoms with E-state index in [1.807, 2.05) is 19.9 Å². The van der Waals surface area contributed by atoms with Crippen LogP contribution in [0.1, 0.15) is 19.5 Å². The largest absolute Gasteiger partial charge is 0.377 e. The summed E-state index contributed by atoms with van der Waals surface area (Å²) in [5.74, 6) is 0.338. The summed E-state index contributed by atoms with van der Waals surface area (Å²) in [6.45, 7) is 5.10. The molecule has 0 aliphatic rings. The van der Waals surface area contributed by atoms with Gasteiger partial charge >= 0.3 is 0 Å². The van der Waals surface area contributed by atoms with Crippen molar-refractivity contribution in [2.45, 2.75) is 26.9 Å². The minimum atomic E-state index is -0.273. The van der Waals surface area contributed by atoms with E-state index >= 15 is 0 Å². The molecule has 2 heterocycles. The minimum absolute atomic E-state index is 0.162. The highest BCUT2D eigenvalue weighted by atomic mass is 35.5. The van der Waals surface area contributed by atoms with Gasteiger partial charge in [0, 0.05) is 12.7 Å². The molecule has 2 aromatic rings. The van der Waals surface area contributed by atoms with Gasteiger partial charge in [-0.2, -0.15) is 10.2 Å². The molecule has 0 aliphatic heterocycles. The summed E-state index contributed by atoms with van der Waals surface area (Å²) in [5.41, 5.74) is 1.16. The molecule has 2 N–H and O–H groups in total. The molecule has 0 atom stereocenters. The topological polar surface area (TPSA) is 75.6 Å². The molecule has 0 aliphatic carbocycles. The summed E-state index contributed by atoms with van der Waals surface area (Å²) in [6.07, 6.45) is 3.24. The zero-order chi connectivity index (χ0) is 13.8. The van der Waals surface area contributed by atoms with Crippen molar-refractivity contribution >= 4 is 17.3 Å². The SMILES string of the molecule is CC(C)Cn1ncc(NCc2ccn[nH]2)c(Cl)c1=O. The number of nitrogens with zero attached hydrogens (tertiary/aromatic N) is 3. The molecule has 2 rings (SSSR count). The molecule has 6 nitrogen and oxygen atoms in total. The average molecular weight is 282 g/mol. The van der Waals surface area contributed by atoms with Gasteiger partial charge < -0.3 is 5.32 Å². The molecule has 0 saturated heterocycles. The number of hydrogen-bond donors (Lipinski definition) is 2. The Morgan fingerprint density at radius 3 is 2.95 bits per heavy atom. The molecule has 0 spiro atoms. The van der Waals surface area contributed by atoms with Gasteiger partial charge in [0.1, 0.15) is 5.02 Å². The minimum Gasteiger partial charge on any atom is -0.377 e. The third-order valence-corrected chi connectivity index (χ3v) is 2.92. The number of nitrogens with one attached hydrogen (secondary N) is 2. The van der Waals surface area contributed by atoms with Crippen LogP contribution in [0.4, 0.5) is 5.69 Å². The molecule has 0 saturated carbocycles. The van der Waals surface area contributed by atoms with Gasteiger partial charge in [0.15, 0.2) is 0 Å². The van der Waals surface area contributed by atoms with E-state index in [1.165, 1.54) is 4.68 Å². The van der Waals surface area contributed by atoms with Crippen LogP contribution in [0.3, 0.4) is 0 Å². The van der Waals surface area contributed by atoms with Gasteiger partial charge in [-0.3, -0.25) is 9.89 Å². The zero-order valence-corrected chi connectivity index (χ0v) is 11.6. The van der Waals surface area contributed by atoms with Crippen LogP contribution >= 0.6 is 11.6 Å². The van der Waals surface area contributed by atoms with Crippen molar-refractivity contribution in [3.05, 3.63) is 39.5 Å². The van der Waals surface area contributed by atoms with Crippen LogP contribution in [0.2, 0.25) is 5.02 Å². The lowest BCUT2D eigenvalue weighted by molar-refractivity contribution is 0.464. The summed E-state index contributed by atoms with van der Waals surface area (Å²) in [4.78, 5) is 12.0. The van der Waals surface area contributed by atoms with E-state index < -0.39 is 0 Å². The molecule has 0 radical (unpaired) electrons. The fourth-order valence-electron chi connectivity index (χ4n) is 1.64. The first-order valence-corrected chi connectivity index (χ1v) is 6.43. The first-order valence-electron chi connectivity index (χ1n) is 6.05. The molecular weight excluding hydrogens is 266 g/mol. The van der Waals surface area contributed by atoms with Crippen LogP contribution in [0.5, 0.6) is 0 Å². The Bertz CT molecular complexity index is 591. The molecule has 0 aromatic carbocycles. The van der Waals surface area contributed by atoms with Gasteiger partial charge in [-0.05, 0) is 12.0 Å². The van der Waals surface area contributed by atoms with Gasteiger partial charge in [0.05, 0.1) is 24.1 Å². The van der Waals surface area contributed by atoms with Crippen LogP contribution < -0.4 is 10.9 Å². The Morgan fingerprint density at radius 1 is 1.53 bits per heavy atom. The molecule has 0 amide bonds. The standard InChI is InChI=1S/C12H16ClN5O/c1-8(2)7-18-12(19)11(13)10(6-16-18)14-5-9-3-4-15-17-9/h3-4,6,8,14H,5,7H2,1-2H3,(H,15,17). The molecule has 0 bridgehead atoms. The number of hydrogen-bond acceptors (Lipinski definition) is 4. The highest BCUT2D eigenvalue weighted by molar-refractivity contribution is 6.32. The molecular formula is C12H16ClN5O. The number of anilines is 1. The first-order chi connectivity index (χ1) is 9.08. The van der Waals surface area contributed by atoms with Gasteiger partial charge in [0.2, 0.25) is 0 Å². The van der Waals surface area contributed by atoms with Crippen molar-refractivity contribution < 1.29 is 0 Å². The smallest absolute Gasteiger partial charge is 0.287 e. The Balaban J connectivity index is 2.14. The number of aromatic amines is 1. The summed E-state index contributed by atoms with van der Waals surface area (Å²) in [5, 5.41) is 14.0. The Morgan fingerprint density at radius 2 is 2.32 bits per heavy atom. The first kappa shape index (κ1) is 13.6. The van der Waals surface area contributed by atoms with Crippen LogP contribution in [0.15, 0.2) is 23.3 Å². The van der Waals surface area contributed by atoms with Crippen LogP contribution in [0.25, 0.3) is 0 Å². The van der Waals surface area contributed by atoms with Crippen LogP contribution in [-0.2, 0) is 13.1 Å². The number of aromatic nitrogens is 4. The van der Waals surface area contributed by atoms with Crippen molar-refractivity contribution in [1.29, 1.82) is 0 Å². The van der Waals surface area contributed by atoms with E-state index in [-0.39, 0.29) is 10.6 Å². The van der Waals surface area contributed by atoms with E-state index in [9.17, 15) is 4.79 Å². The van der Waals surface area contributed by atoms with Crippen molar-refractivity contribution in [3.8, 4) is 0 Å². The maximum absolute atomic E-state index is 12.0. The number of halogens is 1. The maximum atomic E-state index is 12.0. The lowest BCUT2D eigenvalue weighted by atomic mass is 10.2.